The Morgan fingerprint density at radius 3 is 2.74 bits per heavy atom. The van der Waals surface area contributed by atoms with Crippen molar-refractivity contribution in [3.05, 3.63) is 77.1 Å². The topological polar surface area (TPSA) is 113 Å². The standard InChI is InChI=1S/C21H16BrFN4O3S/c1-10-13(22)8-18(31-10)19-12(9-24)21(25)26(15-3-2-4-17(28)20(15)19)14-6-5-11(23)7-16(14)27(29)30/h5-8,19H,2-4,25H2,1H3. The Morgan fingerprint density at radius 1 is 1.39 bits per heavy atom. The van der Waals surface area contributed by atoms with E-state index < -0.39 is 22.3 Å². The normalized spacial score (nSPS) is 18.8. The van der Waals surface area contributed by atoms with Crippen molar-refractivity contribution in [1.29, 1.82) is 5.26 Å². The maximum absolute atomic E-state index is 13.7. The molecule has 0 amide bonds. The summed E-state index contributed by atoms with van der Waals surface area (Å²) in [6, 6.07) is 7.15. The highest BCUT2D eigenvalue weighted by atomic mass is 79.9. The number of nitro groups is 1. The van der Waals surface area contributed by atoms with E-state index in [1.165, 1.54) is 22.3 Å². The van der Waals surface area contributed by atoms with Gasteiger partial charge in [-0.1, -0.05) is 0 Å². The molecule has 0 radical (unpaired) electrons. The zero-order valence-corrected chi connectivity index (χ0v) is 18.7. The average molecular weight is 503 g/mol. The van der Waals surface area contributed by atoms with Crippen LogP contribution in [-0.2, 0) is 4.79 Å². The van der Waals surface area contributed by atoms with Crippen LogP contribution >= 0.6 is 27.3 Å². The van der Waals surface area contributed by atoms with E-state index in [9.17, 15) is 24.6 Å². The molecule has 1 aromatic carbocycles. The molecule has 1 aromatic heterocycles. The number of carbonyl (C=O) groups excluding carboxylic acids is 1. The predicted molar refractivity (Wildman–Crippen MR) is 118 cm³/mol. The number of aryl methyl sites for hydroxylation is 1. The van der Waals surface area contributed by atoms with Crippen LogP contribution in [-0.4, -0.2) is 10.7 Å². The fourth-order valence-corrected chi connectivity index (χ4v) is 5.78. The summed E-state index contributed by atoms with van der Waals surface area (Å²) >= 11 is 4.94. The number of hydrogen-bond donors (Lipinski definition) is 1. The molecule has 158 valence electrons. The van der Waals surface area contributed by atoms with Gasteiger partial charge in [-0.3, -0.25) is 19.8 Å². The third-order valence-electron chi connectivity index (χ3n) is 5.45. The number of anilines is 1. The van der Waals surface area contributed by atoms with Gasteiger partial charge in [-0.25, -0.2) is 4.39 Å². The molecule has 1 aliphatic carbocycles. The Hall–Kier alpha value is -3.03. The Balaban J connectivity index is 2.02. The molecule has 0 saturated carbocycles. The fourth-order valence-electron chi connectivity index (χ4n) is 4.10. The lowest BCUT2D eigenvalue weighted by Crippen LogP contribution is -2.38. The third kappa shape index (κ3) is 3.43. The largest absolute Gasteiger partial charge is 0.384 e. The lowest BCUT2D eigenvalue weighted by Gasteiger charge is -2.38. The molecule has 0 bridgehead atoms. The first kappa shape index (κ1) is 21.2. The monoisotopic (exact) mass is 502 g/mol. The van der Waals surface area contributed by atoms with Gasteiger partial charge in [-0.2, -0.15) is 5.26 Å². The molecule has 10 heteroatoms. The number of nitrogens with two attached hydrogens (primary N) is 1. The first-order valence-corrected chi connectivity index (χ1v) is 11.0. The van der Waals surface area contributed by atoms with Crippen molar-refractivity contribution in [3.63, 3.8) is 0 Å². The van der Waals surface area contributed by atoms with Crippen LogP contribution in [0.4, 0.5) is 15.8 Å². The number of hydrogen-bond acceptors (Lipinski definition) is 7. The zero-order chi connectivity index (χ0) is 22.4. The average Bonchev–Trinajstić information content (AvgIpc) is 3.06. The SMILES string of the molecule is Cc1sc(C2C(C#N)=C(N)N(c3ccc(F)cc3[N+](=O)[O-])C3=C2C(=O)CCC3)cc1Br. The molecule has 0 saturated heterocycles. The van der Waals surface area contributed by atoms with Crippen LogP contribution in [0.3, 0.4) is 0 Å². The molecule has 4 rings (SSSR count). The molecule has 1 aliphatic heterocycles. The minimum Gasteiger partial charge on any atom is -0.384 e. The van der Waals surface area contributed by atoms with Crippen molar-refractivity contribution in [1.82, 2.24) is 0 Å². The molecule has 2 heterocycles. The summed E-state index contributed by atoms with van der Waals surface area (Å²) in [4.78, 5) is 27.2. The summed E-state index contributed by atoms with van der Waals surface area (Å²) in [6.07, 6.45) is 1.33. The number of nitrogens with zero attached hydrogens (tertiary/aromatic N) is 3. The van der Waals surface area contributed by atoms with Crippen LogP contribution in [0.5, 0.6) is 0 Å². The molecule has 2 N–H and O–H groups in total. The Kier molecular flexibility index (Phi) is 5.41. The highest BCUT2D eigenvalue weighted by Crippen LogP contribution is 2.49. The third-order valence-corrected chi connectivity index (χ3v) is 7.65. The quantitative estimate of drug-likeness (QED) is 0.457. The lowest BCUT2D eigenvalue weighted by molar-refractivity contribution is -0.384. The van der Waals surface area contributed by atoms with E-state index in [0.29, 0.717) is 30.5 Å². The van der Waals surface area contributed by atoms with Gasteiger partial charge in [0.15, 0.2) is 5.78 Å². The maximum Gasteiger partial charge on any atom is 0.296 e. The summed E-state index contributed by atoms with van der Waals surface area (Å²) in [6.45, 7) is 1.92. The van der Waals surface area contributed by atoms with Crippen LogP contribution in [0.15, 0.2) is 51.4 Å². The Bertz CT molecular complexity index is 1220. The number of nitro benzene ring substituents is 1. The van der Waals surface area contributed by atoms with E-state index in [1.54, 1.807) is 0 Å². The van der Waals surface area contributed by atoms with Gasteiger partial charge < -0.3 is 5.73 Å². The van der Waals surface area contributed by atoms with Gasteiger partial charge >= 0.3 is 0 Å². The molecule has 1 atom stereocenters. The molecule has 1 unspecified atom stereocenters. The second kappa shape index (κ2) is 7.90. The highest BCUT2D eigenvalue weighted by Gasteiger charge is 2.42. The van der Waals surface area contributed by atoms with Crippen LogP contribution in [0.2, 0.25) is 0 Å². The van der Waals surface area contributed by atoms with Crippen molar-refractivity contribution >= 4 is 44.4 Å². The molecule has 2 aromatic rings. The number of thiophene rings is 1. The van der Waals surface area contributed by atoms with Gasteiger partial charge in [0, 0.05) is 31.9 Å². The Labute approximate surface area is 189 Å². The van der Waals surface area contributed by atoms with Crippen LogP contribution in [0.25, 0.3) is 0 Å². The number of ketones is 1. The highest BCUT2D eigenvalue weighted by molar-refractivity contribution is 9.10. The van der Waals surface area contributed by atoms with Crippen LogP contribution in [0, 0.1) is 34.2 Å². The molecule has 7 nitrogen and oxygen atoms in total. The van der Waals surface area contributed by atoms with Crippen molar-refractivity contribution < 1.29 is 14.1 Å². The van der Waals surface area contributed by atoms with Gasteiger partial charge in [-0.15, -0.1) is 11.3 Å². The number of Topliss-reactive ketones (excluding diaryl/α,β-unsaturated/α-hetero) is 1. The van der Waals surface area contributed by atoms with Gasteiger partial charge in [0.2, 0.25) is 0 Å². The van der Waals surface area contributed by atoms with E-state index in [1.807, 2.05) is 13.0 Å². The van der Waals surface area contributed by atoms with Gasteiger partial charge in [0.05, 0.1) is 28.5 Å². The van der Waals surface area contributed by atoms with E-state index in [0.717, 1.165) is 26.4 Å². The molecular weight excluding hydrogens is 487 g/mol. The van der Waals surface area contributed by atoms with E-state index in [4.69, 9.17) is 5.73 Å². The lowest BCUT2D eigenvalue weighted by atomic mass is 9.78. The van der Waals surface area contributed by atoms with Gasteiger partial charge in [0.25, 0.3) is 5.69 Å². The summed E-state index contributed by atoms with van der Waals surface area (Å²) < 4.78 is 14.6. The predicted octanol–water partition coefficient (Wildman–Crippen LogP) is 5.17. The number of carbonyl (C=O) groups is 1. The van der Waals surface area contributed by atoms with Crippen molar-refractivity contribution in [2.24, 2.45) is 5.73 Å². The maximum atomic E-state index is 13.7. The molecular formula is C21H16BrFN4O3S. The van der Waals surface area contributed by atoms with Crippen LogP contribution in [0.1, 0.15) is 34.9 Å². The van der Waals surface area contributed by atoms with Gasteiger partial charge in [0.1, 0.15) is 17.3 Å². The second-order valence-electron chi connectivity index (χ2n) is 7.26. The molecule has 0 spiro atoms. The smallest absolute Gasteiger partial charge is 0.296 e. The molecule has 0 fully saturated rings. The number of benzene rings is 1. The van der Waals surface area contributed by atoms with Crippen molar-refractivity contribution in [2.45, 2.75) is 32.1 Å². The number of nitriles is 1. The first-order chi connectivity index (χ1) is 14.7. The minimum absolute atomic E-state index is 0.0119. The minimum atomic E-state index is -0.763. The van der Waals surface area contributed by atoms with E-state index in [2.05, 4.69) is 22.0 Å². The number of rotatable bonds is 3. The summed E-state index contributed by atoms with van der Waals surface area (Å²) in [5, 5.41) is 21.6. The van der Waals surface area contributed by atoms with E-state index >= 15 is 0 Å². The Morgan fingerprint density at radius 2 is 2.13 bits per heavy atom. The van der Waals surface area contributed by atoms with Crippen molar-refractivity contribution in [2.75, 3.05) is 4.90 Å². The van der Waals surface area contributed by atoms with Gasteiger partial charge in [-0.05, 0) is 53.9 Å². The fraction of sp³-hybridized carbons (Fsp3) is 0.238. The molecule has 31 heavy (non-hydrogen) atoms. The number of halogens is 2. The second-order valence-corrected chi connectivity index (χ2v) is 9.40. The zero-order valence-electron chi connectivity index (χ0n) is 16.3. The first-order valence-electron chi connectivity index (χ1n) is 9.40. The van der Waals surface area contributed by atoms with Crippen molar-refractivity contribution in [3.8, 4) is 6.07 Å². The summed E-state index contributed by atoms with van der Waals surface area (Å²) in [7, 11) is 0. The summed E-state index contributed by atoms with van der Waals surface area (Å²) in [5.74, 6) is -1.51. The number of allylic oxidation sites excluding steroid dienone is 3. The summed E-state index contributed by atoms with van der Waals surface area (Å²) in [5.41, 5.74) is 7.04. The van der Waals surface area contributed by atoms with Crippen LogP contribution < -0.4 is 10.6 Å². The van der Waals surface area contributed by atoms with E-state index in [-0.39, 0.29) is 22.9 Å². The molecule has 2 aliphatic rings.